The Hall–Kier alpha value is -1.88. The topological polar surface area (TPSA) is 229 Å². The van der Waals surface area contributed by atoms with Gasteiger partial charge in [0.25, 0.3) is 0 Å². The van der Waals surface area contributed by atoms with E-state index in [0.29, 0.717) is 32.7 Å². The van der Waals surface area contributed by atoms with Crippen LogP contribution >= 0.6 is 9.47 Å². The number of aliphatic hydroxyl groups is 1. The number of nitrogens with zero attached hydrogens (tertiary/aromatic N) is 2. The summed E-state index contributed by atoms with van der Waals surface area (Å²) in [6.07, 6.45) is 3.04. The summed E-state index contributed by atoms with van der Waals surface area (Å²) in [5.41, 5.74) is 26.8. The molecule has 3 atom stereocenters. The molecule has 29 heavy (non-hydrogen) atoms. The predicted molar refractivity (Wildman–Crippen MR) is 119 cm³/mol. The van der Waals surface area contributed by atoms with Crippen molar-refractivity contribution in [2.45, 2.75) is 38.2 Å². The molecule has 0 spiro atoms. The number of aliphatic hydroxyl groups excluding tert-OH is 1. The Kier molecular flexibility index (Phi) is 14.9. The van der Waals surface area contributed by atoms with E-state index in [-0.39, 0.29) is 36.5 Å². The molecular formula is C16H38N9O3P. The molecule has 0 amide bonds. The maximum Gasteiger partial charge on any atom is 0.185 e. The molecule has 0 radical (unpaired) electrons. The van der Waals surface area contributed by atoms with Crippen molar-refractivity contribution >= 4 is 27.3 Å². The van der Waals surface area contributed by atoms with E-state index in [9.17, 15) is 5.11 Å². The van der Waals surface area contributed by atoms with E-state index in [2.05, 4.69) is 24.8 Å². The van der Waals surface area contributed by atoms with Crippen molar-refractivity contribution in [2.24, 2.45) is 44.1 Å². The first kappa shape index (κ1) is 27.1. The minimum Gasteiger partial charge on any atom is -0.388 e. The molecule has 0 aromatic heterocycles. The van der Waals surface area contributed by atoms with E-state index in [4.69, 9.17) is 43.3 Å². The molecule has 170 valence electrons. The number of hydrogen-bond donors (Lipinski definition) is 8. The lowest BCUT2D eigenvalue weighted by Gasteiger charge is -2.34. The van der Waals surface area contributed by atoms with Gasteiger partial charge in [-0.15, -0.1) is 0 Å². The van der Waals surface area contributed by atoms with Gasteiger partial charge in [0.15, 0.2) is 17.9 Å². The Bertz CT molecular complexity index is 514. The first-order valence-electron chi connectivity index (χ1n) is 9.47. The molecule has 0 aromatic rings. The van der Waals surface area contributed by atoms with Crippen molar-refractivity contribution < 1.29 is 14.4 Å². The molecule has 13 heteroatoms. The van der Waals surface area contributed by atoms with Gasteiger partial charge in [-0.1, -0.05) is 0 Å². The summed E-state index contributed by atoms with van der Waals surface area (Å²) in [7, 11) is 2.10. The van der Waals surface area contributed by atoms with E-state index in [1.807, 2.05) is 0 Å². The molecule has 0 aliphatic heterocycles. The standard InChI is InChI=1S/C16H38N9O3P/c17-13(18)23-6-1-3-16(5-8-25-15(21)22,4-2-7-24-14(19)20)11-27-9-12(26)10-28-29/h12,26H,1-11,29H2,(H4,17,18,23)(H4,19,20,24)(H4,21,22,25). The first-order valence-corrected chi connectivity index (χ1v) is 9.94. The van der Waals surface area contributed by atoms with Crippen LogP contribution in [-0.4, -0.2) is 68.5 Å². The normalized spacial score (nSPS) is 13.9. The number of ether oxygens (including phenoxy) is 1. The Morgan fingerprint density at radius 3 is 2.21 bits per heavy atom. The van der Waals surface area contributed by atoms with Crippen LogP contribution in [0.25, 0.3) is 0 Å². The van der Waals surface area contributed by atoms with Crippen molar-refractivity contribution in [2.75, 3.05) is 39.5 Å². The van der Waals surface area contributed by atoms with Gasteiger partial charge in [-0.05, 0) is 37.5 Å². The fourth-order valence-electron chi connectivity index (χ4n) is 2.93. The highest BCUT2D eigenvalue weighted by atomic mass is 31.0. The highest BCUT2D eigenvalue weighted by Gasteiger charge is 2.30. The van der Waals surface area contributed by atoms with Crippen molar-refractivity contribution in [3.63, 3.8) is 0 Å². The monoisotopic (exact) mass is 435 g/mol. The minimum atomic E-state index is -0.719. The first-order chi connectivity index (χ1) is 13.7. The molecule has 0 aromatic carbocycles. The van der Waals surface area contributed by atoms with Gasteiger partial charge in [0.1, 0.15) is 6.10 Å². The van der Waals surface area contributed by atoms with E-state index in [0.717, 1.165) is 25.7 Å². The fraction of sp³-hybridized carbons (Fsp3) is 0.812. The second-order valence-corrected chi connectivity index (χ2v) is 7.25. The van der Waals surface area contributed by atoms with E-state index in [1.165, 1.54) is 0 Å². The third-order valence-electron chi connectivity index (χ3n) is 4.30. The van der Waals surface area contributed by atoms with Gasteiger partial charge >= 0.3 is 0 Å². The third-order valence-corrected chi connectivity index (χ3v) is 4.49. The van der Waals surface area contributed by atoms with Crippen molar-refractivity contribution in [1.29, 1.82) is 5.41 Å². The zero-order valence-electron chi connectivity index (χ0n) is 17.0. The molecule has 0 aliphatic carbocycles. The van der Waals surface area contributed by atoms with Crippen LogP contribution in [0, 0.1) is 10.8 Å². The number of aliphatic imine (C=N–C) groups is 2. The molecule has 0 fully saturated rings. The summed E-state index contributed by atoms with van der Waals surface area (Å²) in [6, 6.07) is 0. The summed E-state index contributed by atoms with van der Waals surface area (Å²) < 4.78 is 10.6. The zero-order chi connectivity index (χ0) is 22.1. The van der Waals surface area contributed by atoms with E-state index >= 15 is 0 Å². The number of rotatable bonds is 17. The van der Waals surface area contributed by atoms with Gasteiger partial charge in [-0.3, -0.25) is 15.4 Å². The molecular weight excluding hydrogens is 397 g/mol. The van der Waals surface area contributed by atoms with Crippen LogP contribution in [0.2, 0.25) is 0 Å². The molecule has 0 saturated heterocycles. The van der Waals surface area contributed by atoms with Gasteiger partial charge in [-0.25, -0.2) is 0 Å². The zero-order valence-corrected chi connectivity index (χ0v) is 18.1. The van der Waals surface area contributed by atoms with Gasteiger partial charge < -0.3 is 48.4 Å². The lowest BCUT2D eigenvalue weighted by molar-refractivity contribution is -0.0277. The van der Waals surface area contributed by atoms with Crippen molar-refractivity contribution in [1.82, 2.24) is 5.32 Å². The minimum absolute atomic E-state index is 0.0339. The maximum absolute atomic E-state index is 9.83. The number of hydrogen-bond acceptors (Lipinski definition) is 6. The van der Waals surface area contributed by atoms with E-state index < -0.39 is 6.10 Å². The molecule has 3 unspecified atom stereocenters. The average Bonchev–Trinajstić information content (AvgIpc) is 2.62. The SMILES string of the molecule is N=C(N)NCCCC(CCCN=C(N)N)(CCN=C(N)N)COCC(O)COP. The third kappa shape index (κ3) is 15.7. The molecule has 0 saturated carbocycles. The summed E-state index contributed by atoms with van der Waals surface area (Å²) in [5.74, 6) is 0.0193. The fourth-order valence-corrected chi connectivity index (χ4v) is 3.16. The number of guanidine groups is 3. The Labute approximate surface area is 174 Å². The van der Waals surface area contributed by atoms with Crippen molar-refractivity contribution in [3.05, 3.63) is 0 Å². The quantitative estimate of drug-likeness (QED) is 0.0553. The van der Waals surface area contributed by atoms with Gasteiger partial charge in [0.2, 0.25) is 0 Å². The van der Waals surface area contributed by atoms with Crippen LogP contribution in [0.4, 0.5) is 0 Å². The smallest absolute Gasteiger partial charge is 0.185 e. The molecule has 13 N–H and O–H groups in total. The Morgan fingerprint density at radius 1 is 1.00 bits per heavy atom. The average molecular weight is 436 g/mol. The summed E-state index contributed by atoms with van der Waals surface area (Å²) in [6.45, 7) is 2.24. The highest BCUT2D eigenvalue weighted by Crippen LogP contribution is 2.34. The highest BCUT2D eigenvalue weighted by molar-refractivity contribution is 7.09. The molecule has 0 heterocycles. The largest absolute Gasteiger partial charge is 0.388 e. The van der Waals surface area contributed by atoms with Gasteiger partial charge in [0, 0.05) is 29.1 Å². The van der Waals surface area contributed by atoms with Crippen molar-refractivity contribution in [3.8, 4) is 0 Å². The summed E-state index contributed by atoms with van der Waals surface area (Å²) >= 11 is 0. The van der Waals surface area contributed by atoms with Gasteiger partial charge in [0.05, 0.1) is 19.8 Å². The molecule has 0 aliphatic rings. The Balaban J connectivity index is 5.08. The van der Waals surface area contributed by atoms with Gasteiger partial charge in [-0.2, -0.15) is 0 Å². The van der Waals surface area contributed by atoms with Crippen LogP contribution in [0.5, 0.6) is 0 Å². The number of nitrogens with two attached hydrogens (primary N) is 5. The summed E-state index contributed by atoms with van der Waals surface area (Å²) in [4.78, 5) is 8.14. The van der Waals surface area contributed by atoms with Crippen LogP contribution < -0.4 is 34.0 Å². The number of nitrogens with one attached hydrogen (secondary N) is 2. The Morgan fingerprint density at radius 2 is 1.62 bits per heavy atom. The second-order valence-electron chi connectivity index (χ2n) is 6.91. The molecule has 0 bridgehead atoms. The second kappa shape index (κ2) is 16.0. The lowest BCUT2D eigenvalue weighted by Crippen LogP contribution is -2.35. The molecule has 0 rings (SSSR count). The summed E-state index contributed by atoms with van der Waals surface area (Å²) in [5, 5.41) is 19.9. The predicted octanol–water partition coefficient (Wildman–Crippen LogP) is -1.86. The lowest BCUT2D eigenvalue weighted by atomic mass is 9.76. The van der Waals surface area contributed by atoms with E-state index in [1.54, 1.807) is 0 Å². The van der Waals surface area contributed by atoms with Crippen LogP contribution in [-0.2, 0) is 9.26 Å². The van der Waals surface area contributed by atoms with Crippen LogP contribution in [0.1, 0.15) is 32.1 Å². The van der Waals surface area contributed by atoms with Crippen LogP contribution in [0.3, 0.4) is 0 Å². The van der Waals surface area contributed by atoms with Crippen LogP contribution in [0.15, 0.2) is 9.98 Å². The maximum atomic E-state index is 9.83. The molecule has 12 nitrogen and oxygen atoms in total.